The molecule has 0 saturated carbocycles. The van der Waals surface area contributed by atoms with Crippen LogP contribution in [0.3, 0.4) is 0 Å². The molecule has 0 spiro atoms. The van der Waals surface area contributed by atoms with Gasteiger partial charge >= 0.3 is 23.9 Å². The van der Waals surface area contributed by atoms with E-state index >= 15 is 0 Å². The van der Waals surface area contributed by atoms with Crippen molar-refractivity contribution in [2.24, 2.45) is 0 Å². The molecule has 0 saturated heterocycles. The normalized spacial score (nSPS) is 15.3. The molecule has 0 fully saturated rings. The second kappa shape index (κ2) is 7.22. The molecule has 0 aliphatic carbocycles. The van der Waals surface area contributed by atoms with Crippen molar-refractivity contribution in [2.75, 3.05) is 11.4 Å². The van der Waals surface area contributed by atoms with Crippen LogP contribution >= 0.6 is 0 Å². The third-order valence-corrected chi connectivity index (χ3v) is 4.38. The zero-order chi connectivity index (χ0) is 23.3. The average Bonchev–Trinajstić information content (AvgIpc) is 2.65. The molecule has 1 aliphatic heterocycles. The van der Waals surface area contributed by atoms with Crippen molar-refractivity contribution < 1.29 is 35.9 Å². The number of aromatic amines is 1. The summed E-state index contributed by atoms with van der Waals surface area (Å²) in [7, 11) is 0. The van der Waals surface area contributed by atoms with E-state index < -0.39 is 76.6 Å². The fourth-order valence-corrected chi connectivity index (χ4v) is 3.05. The first kappa shape index (κ1) is 22.0. The van der Waals surface area contributed by atoms with Gasteiger partial charge in [-0.2, -0.15) is 22.0 Å². The van der Waals surface area contributed by atoms with Crippen molar-refractivity contribution in [3.05, 3.63) is 50.0 Å². The number of carbonyl (C=O) groups is 1. The van der Waals surface area contributed by atoms with Crippen molar-refractivity contribution in [1.29, 1.82) is 0 Å². The van der Waals surface area contributed by atoms with Gasteiger partial charge in [0, 0.05) is 11.6 Å². The molecular formula is C18H11F6N3O4. The summed E-state index contributed by atoms with van der Waals surface area (Å²) in [6.07, 6.45) is -4.82. The second-order valence-electron chi connectivity index (χ2n) is 6.26. The van der Waals surface area contributed by atoms with E-state index in [2.05, 4.69) is 4.74 Å². The van der Waals surface area contributed by atoms with Gasteiger partial charge in [-0.05, 0) is 12.5 Å². The number of nitrogens with zero attached hydrogens (tertiary/aromatic N) is 2. The van der Waals surface area contributed by atoms with Crippen LogP contribution < -0.4 is 20.9 Å². The van der Waals surface area contributed by atoms with Crippen molar-refractivity contribution in [3.8, 4) is 23.8 Å². The van der Waals surface area contributed by atoms with Crippen LogP contribution in [0.2, 0.25) is 0 Å². The number of ether oxygens (including phenoxy) is 1. The summed E-state index contributed by atoms with van der Waals surface area (Å²) in [5.41, 5.74) is -6.96. The molecule has 0 atom stereocenters. The van der Waals surface area contributed by atoms with Crippen molar-refractivity contribution in [1.82, 2.24) is 9.55 Å². The van der Waals surface area contributed by atoms with Crippen LogP contribution in [0.15, 0.2) is 21.7 Å². The molecule has 31 heavy (non-hydrogen) atoms. The van der Waals surface area contributed by atoms with Crippen LogP contribution in [-0.4, -0.2) is 28.1 Å². The molecule has 2 heterocycles. The van der Waals surface area contributed by atoms with Crippen LogP contribution in [0.25, 0.3) is 5.69 Å². The smallest absolute Gasteiger partial charge is 0.423 e. The van der Waals surface area contributed by atoms with Crippen molar-refractivity contribution in [3.63, 3.8) is 0 Å². The van der Waals surface area contributed by atoms with Crippen LogP contribution in [0.4, 0.5) is 32.0 Å². The summed E-state index contributed by atoms with van der Waals surface area (Å²) in [5, 5.41) is 0. The highest BCUT2D eigenvalue weighted by atomic mass is 19.4. The number of aromatic nitrogens is 2. The van der Waals surface area contributed by atoms with Crippen molar-refractivity contribution in [2.45, 2.75) is 25.6 Å². The van der Waals surface area contributed by atoms with Gasteiger partial charge in [0.15, 0.2) is 11.6 Å². The van der Waals surface area contributed by atoms with Crippen LogP contribution in [-0.2, 0) is 17.4 Å². The van der Waals surface area contributed by atoms with Crippen LogP contribution in [0.1, 0.15) is 18.2 Å². The van der Waals surface area contributed by atoms with Gasteiger partial charge < -0.3 is 9.72 Å². The zero-order valence-electron chi connectivity index (χ0n) is 15.4. The monoisotopic (exact) mass is 447 g/mol. The van der Waals surface area contributed by atoms with Gasteiger partial charge in [-0.15, -0.1) is 6.42 Å². The van der Waals surface area contributed by atoms with Gasteiger partial charge in [0.05, 0.1) is 17.9 Å². The topological polar surface area (TPSA) is 84.4 Å². The zero-order valence-corrected chi connectivity index (χ0v) is 15.4. The molecule has 1 aliphatic rings. The number of nitrogens with one attached hydrogen (secondary N) is 1. The Labute approximate surface area is 168 Å². The number of anilines is 1. The highest BCUT2D eigenvalue weighted by Gasteiger charge is 2.50. The Hall–Kier alpha value is -3.69. The summed E-state index contributed by atoms with van der Waals surface area (Å²) >= 11 is 0. The molecule has 1 aromatic heterocycles. The fraction of sp³-hybridized carbons (Fsp3) is 0.278. The maximum atomic E-state index is 14.7. The van der Waals surface area contributed by atoms with Gasteiger partial charge in [0.25, 0.3) is 5.56 Å². The Morgan fingerprint density at radius 1 is 1.19 bits per heavy atom. The number of hydrogen-bond acceptors (Lipinski definition) is 4. The Kier molecular flexibility index (Phi) is 5.13. The first-order valence-electron chi connectivity index (χ1n) is 8.45. The molecule has 1 aromatic carbocycles. The number of hydrogen-bond donors (Lipinski definition) is 1. The molecule has 1 N–H and O–H groups in total. The molecule has 2 aromatic rings. The van der Waals surface area contributed by atoms with Crippen LogP contribution in [0, 0.1) is 18.2 Å². The van der Waals surface area contributed by atoms with Gasteiger partial charge in [-0.25, -0.2) is 13.8 Å². The molecule has 3 rings (SSSR count). The number of rotatable bonds is 3. The lowest BCUT2D eigenvalue weighted by atomic mass is 10.1. The third kappa shape index (κ3) is 3.54. The van der Waals surface area contributed by atoms with E-state index in [1.165, 1.54) is 11.9 Å². The number of benzene rings is 1. The Morgan fingerprint density at radius 3 is 2.39 bits per heavy atom. The molecule has 0 radical (unpaired) electrons. The SMILES string of the molecule is C#CCN1C(=O)C(F)(F)Oc2cc(F)c(-n3c(=O)[nH]c(C(F)(F)F)c(CC)c3=O)cc21. The average molecular weight is 447 g/mol. The molecule has 0 bridgehead atoms. The summed E-state index contributed by atoms with van der Waals surface area (Å²) in [4.78, 5) is 38.6. The highest BCUT2D eigenvalue weighted by Crippen LogP contribution is 2.41. The van der Waals surface area contributed by atoms with Gasteiger partial charge in [0.2, 0.25) is 0 Å². The van der Waals surface area contributed by atoms with Gasteiger partial charge in [-0.1, -0.05) is 12.8 Å². The number of fused-ring (bicyclic) bond motifs is 1. The molecule has 0 unspecified atom stereocenters. The standard InChI is InChI=1S/C18H11F6N3O4/c1-3-5-26-11-7-10(9(19)6-12(11)31-18(23,24)15(26)29)27-14(28)8(4-2)13(17(20,21)22)25-16(27)30/h1,6-7H,4-5H2,2H3,(H,25,30). The molecule has 164 valence electrons. The number of terminal acetylenes is 1. The quantitative estimate of drug-likeness (QED) is 0.578. The number of halogens is 6. The molecule has 1 amide bonds. The molecular weight excluding hydrogens is 436 g/mol. The fourth-order valence-electron chi connectivity index (χ4n) is 3.05. The Morgan fingerprint density at radius 2 is 1.84 bits per heavy atom. The minimum Gasteiger partial charge on any atom is -0.423 e. The van der Waals surface area contributed by atoms with E-state index in [0.29, 0.717) is 17.0 Å². The number of alkyl halides is 5. The number of amides is 1. The largest absolute Gasteiger partial charge is 0.483 e. The van der Waals surface area contributed by atoms with Crippen molar-refractivity contribution >= 4 is 11.6 Å². The number of carbonyl (C=O) groups excluding carboxylic acids is 1. The summed E-state index contributed by atoms with van der Waals surface area (Å²) in [5.74, 6) is -2.22. The van der Waals surface area contributed by atoms with E-state index in [0.717, 1.165) is 0 Å². The van der Waals surface area contributed by atoms with Crippen LogP contribution in [0.5, 0.6) is 5.75 Å². The maximum absolute atomic E-state index is 14.7. The summed E-state index contributed by atoms with van der Waals surface area (Å²) in [6, 6.07) is 1.00. The number of H-pyrrole nitrogens is 1. The predicted molar refractivity (Wildman–Crippen MR) is 93.8 cm³/mol. The lowest BCUT2D eigenvalue weighted by Crippen LogP contribution is -2.51. The third-order valence-electron chi connectivity index (χ3n) is 4.38. The van der Waals surface area contributed by atoms with E-state index in [1.807, 2.05) is 5.92 Å². The lowest BCUT2D eigenvalue weighted by Gasteiger charge is -2.32. The van der Waals surface area contributed by atoms with E-state index in [4.69, 9.17) is 6.42 Å². The Bertz CT molecular complexity index is 1240. The minimum absolute atomic E-state index is 0.0645. The summed E-state index contributed by atoms with van der Waals surface area (Å²) in [6.45, 7) is 0.509. The second-order valence-corrected chi connectivity index (χ2v) is 6.26. The first-order chi connectivity index (χ1) is 14.3. The molecule has 13 heteroatoms. The van der Waals surface area contributed by atoms with Gasteiger partial charge in [-0.3, -0.25) is 14.5 Å². The maximum Gasteiger partial charge on any atom is 0.483 e. The predicted octanol–water partition coefficient (Wildman–Crippen LogP) is 2.20. The van der Waals surface area contributed by atoms with Gasteiger partial charge in [0.1, 0.15) is 5.69 Å². The minimum atomic E-state index is -5.06. The molecule has 7 nitrogen and oxygen atoms in total. The summed E-state index contributed by atoms with van der Waals surface area (Å²) < 4.78 is 85.9. The van der Waals surface area contributed by atoms with E-state index in [-0.39, 0.29) is 4.57 Å². The lowest BCUT2D eigenvalue weighted by molar-refractivity contribution is -0.192. The first-order valence-corrected chi connectivity index (χ1v) is 8.45. The highest BCUT2D eigenvalue weighted by molar-refractivity contribution is 6.01. The van der Waals surface area contributed by atoms with E-state index in [1.54, 1.807) is 0 Å². The van der Waals surface area contributed by atoms with E-state index in [9.17, 15) is 40.7 Å². The Balaban J connectivity index is 2.33.